The number of nitrogens with one attached hydrogen (secondary N) is 1. The molecule has 8 heteroatoms. The van der Waals surface area contributed by atoms with E-state index in [1.165, 1.54) is 24.3 Å². The Balaban J connectivity index is 1.44. The van der Waals surface area contributed by atoms with Crippen LogP contribution in [0.2, 0.25) is 0 Å². The number of carboxylic acid groups (broad SMARTS) is 1. The predicted octanol–water partition coefficient (Wildman–Crippen LogP) is 5.76. The second kappa shape index (κ2) is 11.6. The maximum Gasteiger partial charge on any atom is 0.335 e. The van der Waals surface area contributed by atoms with Gasteiger partial charge in [0.05, 0.1) is 23.2 Å². The molecule has 4 aromatic rings. The summed E-state index contributed by atoms with van der Waals surface area (Å²) in [4.78, 5) is 37.0. The van der Waals surface area contributed by atoms with Gasteiger partial charge in [-0.1, -0.05) is 48.5 Å². The Morgan fingerprint density at radius 2 is 1.46 bits per heavy atom. The minimum absolute atomic E-state index is 0.0481. The number of Topliss-reactive ketones (excluding diaryl/α,β-unsaturated/α-hetero) is 1. The van der Waals surface area contributed by atoms with Gasteiger partial charge >= 0.3 is 5.97 Å². The highest BCUT2D eigenvalue weighted by atomic mass is 19.1. The zero-order chi connectivity index (χ0) is 26.2. The Kier molecular flexibility index (Phi) is 7.90. The fraction of sp³-hybridized carbons (Fsp3) is 0.0690. The van der Waals surface area contributed by atoms with E-state index in [1.807, 2.05) is 0 Å². The van der Waals surface area contributed by atoms with Gasteiger partial charge in [-0.15, -0.1) is 0 Å². The van der Waals surface area contributed by atoms with Crippen LogP contribution in [0.25, 0.3) is 0 Å². The summed E-state index contributed by atoms with van der Waals surface area (Å²) in [6, 6.07) is 25.0. The van der Waals surface area contributed by atoms with Crippen molar-refractivity contribution in [3.63, 3.8) is 0 Å². The standard InChI is InChI=1S/C29H22FNO6/c30-20-9-7-10-21(17-20)37-26-14-5-3-12-23(26)25(32)18-36-27-15-6-4-13-24(27)31-28(33)16-19-8-1-2-11-22(19)29(34)35/h1-15,17H,16,18H2,(H,31,33)(H,34,35). The van der Waals surface area contributed by atoms with Gasteiger partial charge in [-0.25, -0.2) is 9.18 Å². The van der Waals surface area contributed by atoms with Gasteiger partial charge in [-0.05, 0) is 48.0 Å². The number of carbonyl (C=O) groups excluding carboxylic acids is 2. The molecule has 0 bridgehead atoms. The van der Waals surface area contributed by atoms with Gasteiger partial charge in [0, 0.05) is 6.07 Å². The first-order chi connectivity index (χ1) is 17.9. The number of carbonyl (C=O) groups is 3. The molecule has 7 nitrogen and oxygen atoms in total. The molecule has 0 radical (unpaired) electrons. The number of halogens is 1. The number of hydrogen-bond acceptors (Lipinski definition) is 5. The third kappa shape index (κ3) is 6.58. The summed E-state index contributed by atoms with van der Waals surface area (Å²) in [7, 11) is 0. The molecule has 0 saturated heterocycles. The number of amides is 1. The monoisotopic (exact) mass is 499 g/mol. The van der Waals surface area contributed by atoms with Crippen LogP contribution < -0.4 is 14.8 Å². The van der Waals surface area contributed by atoms with Crippen LogP contribution in [0.4, 0.5) is 10.1 Å². The summed E-state index contributed by atoms with van der Waals surface area (Å²) in [5.74, 6) is -1.64. The van der Waals surface area contributed by atoms with Crippen LogP contribution >= 0.6 is 0 Å². The van der Waals surface area contributed by atoms with Crippen LogP contribution in [0.5, 0.6) is 17.2 Å². The molecule has 0 unspecified atom stereocenters. The molecule has 0 atom stereocenters. The summed E-state index contributed by atoms with van der Waals surface area (Å²) < 4.78 is 24.9. The molecule has 0 aliphatic carbocycles. The molecular formula is C29H22FNO6. The van der Waals surface area contributed by atoms with Gasteiger partial charge in [0.1, 0.15) is 23.1 Å². The SMILES string of the molecule is O=C(Cc1ccccc1C(=O)O)Nc1ccccc1OCC(=O)c1ccccc1Oc1cccc(F)c1. The fourth-order valence-electron chi connectivity index (χ4n) is 3.61. The topological polar surface area (TPSA) is 102 Å². The summed E-state index contributed by atoms with van der Waals surface area (Å²) in [5, 5.41) is 12.0. The van der Waals surface area contributed by atoms with Crippen molar-refractivity contribution in [1.82, 2.24) is 0 Å². The van der Waals surface area contributed by atoms with E-state index >= 15 is 0 Å². The first kappa shape index (κ1) is 25.1. The number of hydrogen-bond donors (Lipinski definition) is 2. The highest BCUT2D eigenvalue weighted by Crippen LogP contribution is 2.28. The quantitative estimate of drug-likeness (QED) is 0.269. The molecule has 0 aliphatic heterocycles. The number of para-hydroxylation sites is 3. The van der Waals surface area contributed by atoms with Gasteiger partial charge < -0.3 is 19.9 Å². The molecular weight excluding hydrogens is 477 g/mol. The van der Waals surface area contributed by atoms with Gasteiger partial charge in [0.25, 0.3) is 0 Å². The second-order valence-corrected chi connectivity index (χ2v) is 7.95. The Morgan fingerprint density at radius 3 is 2.22 bits per heavy atom. The molecule has 0 fully saturated rings. The lowest BCUT2D eigenvalue weighted by molar-refractivity contribution is -0.115. The summed E-state index contributed by atoms with van der Waals surface area (Å²) in [5.41, 5.74) is 0.999. The minimum atomic E-state index is -1.12. The summed E-state index contributed by atoms with van der Waals surface area (Å²) in [6.45, 7) is -0.349. The van der Waals surface area contributed by atoms with Crippen molar-refractivity contribution >= 4 is 23.3 Å². The van der Waals surface area contributed by atoms with E-state index < -0.39 is 17.7 Å². The first-order valence-electron chi connectivity index (χ1n) is 11.3. The van der Waals surface area contributed by atoms with Crippen molar-refractivity contribution in [2.45, 2.75) is 6.42 Å². The summed E-state index contributed by atoms with van der Waals surface area (Å²) >= 11 is 0. The van der Waals surface area contributed by atoms with E-state index in [4.69, 9.17) is 9.47 Å². The average Bonchev–Trinajstić information content (AvgIpc) is 2.88. The molecule has 0 spiro atoms. The van der Waals surface area contributed by atoms with Crippen LogP contribution in [-0.2, 0) is 11.2 Å². The largest absolute Gasteiger partial charge is 0.483 e. The average molecular weight is 499 g/mol. The van der Waals surface area contributed by atoms with E-state index in [2.05, 4.69) is 5.32 Å². The zero-order valence-electron chi connectivity index (χ0n) is 19.5. The Bertz CT molecular complexity index is 1450. The zero-order valence-corrected chi connectivity index (χ0v) is 19.5. The van der Waals surface area contributed by atoms with Crippen molar-refractivity contribution in [1.29, 1.82) is 0 Å². The lowest BCUT2D eigenvalue weighted by Gasteiger charge is -2.14. The maximum absolute atomic E-state index is 13.5. The van der Waals surface area contributed by atoms with Gasteiger partial charge in [-0.2, -0.15) is 0 Å². The molecule has 0 aliphatic rings. The lowest BCUT2D eigenvalue weighted by Crippen LogP contribution is -2.18. The van der Waals surface area contributed by atoms with Crippen molar-refractivity contribution < 1.29 is 33.4 Å². The molecule has 186 valence electrons. The molecule has 1 amide bonds. The third-order valence-electron chi connectivity index (χ3n) is 5.33. The van der Waals surface area contributed by atoms with Crippen molar-refractivity contribution in [3.05, 3.63) is 120 Å². The van der Waals surface area contributed by atoms with E-state index in [1.54, 1.807) is 72.8 Å². The lowest BCUT2D eigenvalue weighted by atomic mass is 10.0. The molecule has 37 heavy (non-hydrogen) atoms. The number of aromatic carboxylic acids is 1. The van der Waals surface area contributed by atoms with Gasteiger partial charge in [0.2, 0.25) is 11.7 Å². The van der Waals surface area contributed by atoms with E-state index in [9.17, 15) is 23.9 Å². The van der Waals surface area contributed by atoms with Crippen molar-refractivity contribution in [2.75, 3.05) is 11.9 Å². The maximum atomic E-state index is 13.5. The van der Waals surface area contributed by atoms with Gasteiger partial charge in [-0.3, -0.25) is 9.59 Å². The van der Waals surface area contributed by atoms with Crippen molar-refractivity contribution in [3.8, 4) is 17.2 Å². The number of rotatable bonds is 10. The number of benzene rings is 4. The molecule has 4 rings (SSSR count). The molecule has 0 aromatic heterocycles. The van der Waals surface area contributed by atoms with Crippen LogP contribution in [0.1, 0.15) is 26.3 Å². The van der Waals surface area contributed by atoms with Gasteiger partial charge in [0.15, 0.2) is 6.61 Å². The number of carboxylic acids is 1. The third-order valence-corrected chi connectivity index (χ3v) is 5.33. The molecule has 2 N–H and O–H groups in total. The number of ketones is 1. The minimum Gasteiger partial charge on any atom is -0.483 e. The highest BCUT2D eigenvalue weighted by molar-refractivity contribution is 6.00. The second-order valence-electron chi connectivity index (χ2n) is 7.95. The highest BCUT2D eigenvalue weighted by Gasteiger charge is 2.17. The van der Waals surface area contributed by atoms with Crippen LogP contribution in [0.15, 0.2) is 97.1 Å². The Morgan fingerprint density at radius 1 is 0.784 bits per heavy atom. The number of ether oxygens (including phenoxy) is 2. The van der Waals surface area contributed by atoms with Crippen LogP contribution in [-0.4, -0.2) is 29.4 Å². The van der Waals surface area contributed by atoms with E-state index in [0.29, 0.717) is 11.3 Å². The fourth-order valence-corrected chi connectivity index (χ4v) is 3.61. The van der Waals surface area contributed by atoms with Crippen molar-refractivity contribution in [2.24, 2.45) is 0 Å². The predicted molar refractivity (Wildman–Crippen MR) is 135 cm³/mol. The molecule has 0 saturated carbocycles. The molecule has 0 heterocycles. The first-order valence-corrected chi connectivity index (χ1v) is 11.3. The van der Waals surface area contributed by atoms with E-state index in [0.717, 1.165) is 0 Å². The summed E-state index contributed by atoms with van der Waals surface area (Å²) in [6.07, 6.45) is -0.152. The normalized spacial score (nSPS) is 10.4. The Hall–Kier alpha value is -4.98. The number of anilines is 1. The van der Waals surface area contributed by atoms with E-state index in [-0.39, 0.29) is 47.2 Å². The van der Waals surface area contributed by atoms with Crippen LogP contribution in [0, 0.1) is 5.82 Å². The van der Waals surface area contributed by atoms with Crippen LogP contribution in [0.3, 0.4) is 0 Å². The smallest absolute Gasteiger partial charge is 0.335 e. The molecule has 4 aromatic carbocycles. The Labute approximate surface area is 212 Å².